The van der Waals surface area contributed by atoms with Crippen LogP contribution in [-0.2, 0) is 6.18 Å². The minimum absolute atomic E-state index is 0.216. The second-order valence-corrected chi connectivity index (χ2v) is 4.59. The monoisotopic (exact) mass is 270 g/mol. The van der Waals surface area contributed by atoms with E-state index in [-0.39, 0.29) is 11.6 Å². The lowest BCUT2D eigenvalue weighted by Gasteiger charge is -2.27. The lowest BCUT2D eigenvalue weighted by Crippen LogP contribution is -2.28. The number of hydrogen-bond acceptors (Lipinski definition) is 2. The molecular weight excluding hydrogens is 253 g/mol. The number of benzene rings is 1. The van der Waals surface area contributed by atoms with Gasteiger partial charge in [-0.3, -0.25) is 0 Å². The summed E-state index contributed by atoms with van der Waals surface area (Å²) in [5, 5.41) is 8.86. The number of halogens is 3. The van der Waals surface area contributed by atoms with Crippen molar-refractivity contribution in [3.05, 3.63) is 29.3 Å². The van der Waals surface area contributed by atoms with Crippen molar-refractivity contribution in [1.82, 2.24) is 0 Å². The fourth-order valence-corrected chi connectivity index (χ4v) is 1.96. The highest BCUT2D eigenvalue weighted by atomic mass is 19.4. The van der Waals surface area contributed by atoms with Crippen molar-refractivity contribution in [1.29, 1.82) is 5.26 Å². The van der Waals surface area contributed by atoms with Crippen LogP contribution in [-0.4, -0.2) is 13.1 Å². The number of hydrogen-bond donors (Lipinski definition) is 0. The minimum Gasteiger partial charge on any atom is -0.372 e. The first kappa shape index (κ1) is 15.4. The van der Waals surface area contributed by atoms with Gasteiger partial charge in [0.05, 0.1) is 17.2 Å². The Labute approximate surface area is 111 Å². The Hall–Kier alpha value is -1.70. The van der Waals surface area contributed by atoms with Crippen LogP contribution in [0.25, 0.3) is 0 Å². The molecule has 0 aromatic heterocycles. The molecule has 2 nitrogen and oxygen atoms in total. The SMILES string of the molecule is CCCC(C)N(C)c1ccc(C(F)(F)F)c(C#N)c1. The summed E-state index contributed by atoms with van der Waals surface area (Å²) >= 11 is 0. The lowest BCUT2D eigenvalue weighted by molar-refractivity contribution is -0.137. The third kappa shape index (κ3) is 3.63. The molecule has 19 heavy (non-hydrogen) atoms. The standard InChI is InChI=1S/C14H17F3N2/c1-4-5-10(2)19(3)12-6-7-13(14(15,16)17)11(8-12)9-18/h6-8,10H,4-5H2,1-3H3. The average molecular weight is 270 g/mol. The maximum atomic E-state index is 12.7. The molecule has 5 heteroatoms. The molecule has 1 atom stereocenters. The van der Waals surface area contributed by atoms with Gasteiger partial charge in [0.25, 0.3) is 0 Å². The van der Waals surface area contributed by atoms with Gasteiger partial charge >= 0.3 is 6.18 Å². The van der Waals surface area contributed by atoms with Crippen molar-refractivity contribution in [2.24, 2.45) is 0 Å². The minimum atomic E-state index is -4.49. The van der Waals surface area contributed by atoms with E-state index >= 15 is 0 Å². The van der Waals surface area contributed by atoms with Gasteiger partial charge in [0.15, 0.2) is 0 Å². The van der Waals surface area contributed by atoms with Crippen molar-refractivity contribution in [2.75, 3.05) is 11.9 Å². The maximum Gasteiger partial charge on any atom is 0.417 e. The molecule has 104 valence electrons. The van der Waals surface area contributed by atoms with E-state index in [1.54, 1.807) is 6.07 Å². The number of nitriles is 1. The maximum absolute atomic E-state index is 12.7. The van der Waals surface area contributed by atoms with E-state index in [1.165, 1.54) is 12.1 Å². The molecule has 0 spiro atoms. The van der Waals surface area contributed by atoms with Gasteiger partial charge in [-0.2, -0.15) is 18.4 Å². The highest BCUT2D eigenvalue weighted by molar-refractivity contribution is 5.55. The third-order valence-electron chi connectivity index (χ3n) is 3.20. The fraction of sp³-hybridized carbons (Fsp3) is 0.500. The molecule has 0 aliphatic heterocycles. The highest BCUT2D eigenvalue weighted by Gasteiger charge is 2.33. The lowest BCUT2D eigenvalue weighted by atomic mass is 10.1. The summed E-state index contributed by atoms with van der Waals surface area (Å²) in [5.74, 6) is 0. The van der Waals surface area contributed by atoms with Gasteiger partial charge in [-0.05, 0) is 31.5 Å². The molecule has 0 amide bonds. The van der Waals surface area contributed by atoms with Gasteiger partial charge in [0, 0.05) is 18.8 Å². The van der Waals surface area contributed by atoms with E-state index < -0.39 is 11.7 Å². The first-order chi connectivity index (χ1) is 8.81. The van der Waals surface area contributed by atoms with Crippen LogP contribution in [0.5, 0.6) is 0 Å². The van der Waals surface area contributed by atoms with Crippen molar-refractivity contribution < 1.29 is 13.2 Å². The molecule has 0 heterocycles. The summed E-state index contributed by atoms with van der Waals surface area (Å²) in [4.78, 5) is 1.89. The molecule has 0 radical (unpaired) electrons. The van der Waals surface area contributed by atoms with Crippen LogP contribution < -0.4 is 4.90 Å². The second kappa shape index (κ2) is 5.96. The summed E-state index contributed by atoms with van der Waals surface area (Å²) in [5.41, 5.74) is -0.582. The smallest absolute Gasteiger partial charge is 0.372 e. The molecule has 0 N–H and O–H groups in total. The summed E-state index contributed by atoms with van der Waals surface area (Å²) in [6.45, 7) is 4.06. The van der Waals surface area contributed by atoms with Crippen LogP contribution in [0.15, 0.2) is 18.2 Å². The number of anilines is 1. The van der Waals surface area contributed by atoms with Gasteiger partial charge in [0.2, 0.25) is 0 Å². The molecule has 1 aromatic carbocycles. The van der Waals surface area contributed by atoms with Crippen LogP contribution in [0, 0.1) is 11.3 Å². The first-order valence-electron chi connectivity index (χ1n) is 6.15. The zero-order valence-electron chi connectivity index (χ0n) is 11.3. The second-order valence-electron chi connectivity index (χ2n) is 4.59. The molecule has 0 saturated carbocycles. The van der Waals surface area contributed by atoms with Gasteiger partial charge in [-0.1, -0.05) is 13.3 Å². The quantitative estimate of drug-likeness (QED) is 0.819. The van der Waals surface area contributed by atoms with E-state index in [4.69, 9.17) is 5.26 Å². The molecular formula is C14H17F3N2. The van der Waals surface area contributed by atoms with Crippen LogP contribution in [0.1, 0.15) is 37.8 Å². The van der Waals surface area contributed by atoms with E-state index in [0.717, 1.165) is 18.9 Å². The average Bonchev–Trinajstić information content (AvgIpc) is 2.36. The molecule has 1 aromatic rings. The van der Waals surface area contributed by atoms with E-state index in [9.17, 15) is 13.2 Å². The third-order valence-corrected chi connectivity index (χ3v) is 3.20. The van der Waals surface area contributed by atoms with Crippen LogP contribution >= 0.6 is 0 Å². The number of nitrogens with zero attached hydrogens (tertiary/aromatic N) is 2. The predicted molar refractivity (Wildman–Crippen MR) is 68.9 cm³/mol. The topological polar surface area (TPSA) is 27.0 Å². The summed E-state index contributed by atoms with van der Waals surface area (Å²) < 4.78 is 38.0. The Morgan fingerprint density at radius 2 is 2.00 bits per heavy atom. The van der Waals surface area contributed by atoms with Crippen LogP contribution in [0.2, 0.25) is 0 Å². The summed E-state index contributed by atoms with van der Waals surface area (Å²) in [6, 6.07) is 5.53. The first-order valence-corrected chi connectivity index (χ1v) is 6.15. The zero-order valence-corrected chi connectivity index (χ0v) is 11.3. The largest absolute Gasteiger partial charge is 0.417 e. The van der Waals surface area contributed by atoms with Crippen molar-refractivity contribution in [2.45, 2.75) is 38.9 Å². The van der Waals surface area contributed by atoms with Crippen LogP contribution in [0.4, 0.5) is 18.9 Å². The van der Waals surface area contributed by atoms with Crippen molar-refractivity contribution >= 4 is 5.69 Å². The normalized spacial score (nSPS) is 12.9. The fourth-order valence-electron chi connectivity index (χ4n) is 1.96. The number of rotatable bonds is 4. The van der Waals surface area contributed by atoms with E-state index in [1.807, 2.05) is 18.9 Å². The van der Waals surface area contributed by atoms with Gasteiger partial charge < -0.3 is 4.90 Å². The van der Waals surface area contributed by atoms with E-state index in [2.05, 4.69) is 6.92 Å². The summed E-state index contributed by atoms with van der Waals surface area (Å²) in [6.07, 6.45) is -2.55. The van der Waals surface area contributed by atoms with Gasteiger partial charge in [-0.25, -0.2) is 0 Å². The Bertz CT molecular complexity index is 475. The van der Waals surface area contributed by atoms with Crippen molar-refractivity contribution in [3.63, 3.8) is 0 Å². The molecule has 0 aliphatic rings. The number of alkyl halides is 3. The zero-order chi connectivity index (χ0) is 14.6. The van der Waals surface area contributed by atoms with Crippen molar-refractivity contribution in [3.8, 4) is 6.07 Å². The van der Waals surface area contributed by atoms with Gasteiger partial charge in [-0.15, -0.1) is 0 Å². The van der Waals surface area contributed by atoms with Crippen LogP contribution in [0.3, 0.4) is 0 Å². The molecule has 0 bridgehead atoms. The Morgan fingerprint density at radius 1 is 1.37 bits per heavy atom. The van der Waals surface area contributed by atoms with Gasteiger partial charge in [0.1, 0.15) is 0 Å². The summed E-state index contributed by atoms with van der Waals surface area (Å²) in [7, 11) is 1.82. The predicted octanol–water partition coefficient (Wildman–Crippen LogP) is 4.20. The molecule has 0 aliphatic carbocycles. The Kier molecular flexibility index (Phi) is 4.82. The van der Waals surface area contributed by atoms with E-state index in [0.29, 0.717) is 5.69 Å². The molecule has 1 rings (SSSR count). The Morgan fingerprint density at radius 3 is 2.47 bits per heavy atom. The molecule has 1 unspecified atom stereocenters. The molecule has 0 fully saturated rings. The Balaban J connectivity index is 3.11. The highest BCUT2D eigenvalue weighted by Crippen LogP contribution is 2.33. The molecule has 0 saturated heterocycles.